The van der Waals surface area contributed by atoms with Crippen molar-refractivity contribution in [3.63, 3.8) is 0 Å². The third-order valence-electron chi connectivity index (χ3n) is 0.697. The Bertz CT molecular complexity index is 243. The summed E-state index contributed by atoms with van der Waals surface area (Å²) in [6.45, 7) is 0. The van der Waals surface area contributed by atoms with Gasteiger partial charge in [0.25, 0.3) is 5.82 Å². The molecule has 1 rings (SSSR count). The quantitative estimate of drug-likeness (QED) is 0.269. The fourth-order valence-corrected chi connectivity index (χ4v) is 0.402. The average molecular weight is 124 g/mol. The standard InChI is InChI=1S/C3H4N6/c1-9-7-3(2-5-4)6-8-9/h2H,1H3. The van der Waals surface area contributed by atoms with Crippen LogP contribution in [0.2, 0.25) is 0 Å². The molecule has 0 aromatic carbocycles. The Labute approximate surface area is 50.7 Å². The lowest BCUT2D eigenvalue weighted by Gasteiger charge is -1.72. The molecule has 0 spiro atoms. The van der Waals surface area contributed by atoms with Crippen molar-refractivity contribution in [2.75, 3.05) is 0 Å². The Morgan fingerprint density at radius 3 is 3.00 bits per heavy atom. The van der Waals surface area contributed by atoms with Crippen LogP contribution < -0.4 is 0 Å². The zero-order valence-electron chi connectivity index (χ0n) is 4.76. The first-order valence-electron chi connectivity index (χ1n) is 2.24. The molecule has 9 heavy (non-hydrogen) atoms. The molecule has 6 heteroatoms. The molecule has 0 aliphatic heterocycles. The van der Waals surface area contributed by atoms with Crippen LogP contribution in [0.25, 0.3) is 5.53 Å². The smallest absolute Gasteiger partial charge is 0.328 e. The van der Waals surface area contributed by atoms with Crippen LogP contribution in [0.15, 0.2) is 0 Å². The van der Waals surface area contributed by atoms with Gasteiger partial charge in [-0.2, -0.15) is 9.59 Å². The Hall–Kier alpha value is -1.55. The minimum absolute atomic E-state index is 0.292. The third kappa shape index (κ3) is 1.17. The highest BCUT2D eigenvalue weighted by molar-refractivity contribution is 5.68. The summed E-state index contributed by atoms with van der Waals surface area (Å²) in [5, 5.41) is 10.7. The molecule has 0 aliphatic rings. The topological polar surface area (TPSA) is 80.0 Å². The molecule has 0 bridgehead atoms. The summed E-state index contributed by atoms with van der Waals surface area (Å²) in [4.78, 5) is 3.99. The monoisotopic (exact) mass is 124 g/mol. The van der Waals surface area contributed by atoms with Crippen molar-refractivity contribution >= 4 is 6.21 Å². The first kappa shape index (κ1) is 5.58. The lowest BCUT2D eigenvalue weighted by Crippen LogP contribution is -1.92. The maximum atomic E-state index is 7.98. The van der Waals surface area contributed by atoms with E-state index in [0.29, 0.717) is 5.82 Å². The fourth-order valence-electron chi connectivity index (χ4n) is 0.402. The molecule has 1 aromatic rings. The SMILES string of the molecule is Cn1nnc(C=[N+]=[N-])n1. The average Bonchev–Trinajstić information content (AvgIpc) is 2.17. The molecule has 0 amide bonds. The fraction of sp³-hybridized carbons (Fsp3) is 0.333. The van der Waals surface area contributed by atoms with E-state index in [4.69, 9.17) is 5.53 Å². The van der Waals surface area contributed by atoms with E-state index in [9.17, 15) is 0 Å². The van der Waals surface area contributed by atoms with Crippen molar-refractivity contribution in [3.8, 4) is 0 Å². The largest absolute Gasteiger partial charge is 0.361 e. The number of rotatable bonds is 1. The molecule has 0 N–H and O–H groups in total. The Morgan fingerprint density at radius 1 is 1.78 bits per heavy atom. The second-order valence-electron chi connectivity index (χ2n) is 1.38. The van der Waals surface area contributed by atoms with Crippen molar-refractivity contribution < 1.29 is 4.79 Å². The minimum atomic E-state index is 0.292. The second kappa shape index (κ2) is 2.15. The van der Waals surface area contributed by atoms with Gasteiger partial charge in [-0.05, 0) is 5.21 Å². The van der Waals surface area contributed by atoms with Gasteiger partial charge in [-0.25, -0.2) is 0 Å². The van der Waals surface area contributed by atoms with Crippen molar-refractivity contribution in [1.29, 1.82) is 0 Å². The van der Waals surface area contributed by atoms with Gasteiger partial charge in [-0.15, -0.1) is 10.2 Å². The maximum absolute atomic E-state index is 7.98. The Kier molecular flexibility index (Phi) is 1.33. The van der Waals surface area contributed by atoms with Crippen LogP contribution in [-0.4, -0.2) is 31.2 Å². The van der Waals surface area contributed by atoms with Gasteiger partial charge in [-0.3, -0.25) is 0 Å². The van der Waals surface area contributed by atoms with Crippen molar-refractivity contribution in [2.45, 2.75) is 0 Å². The zero-order valence-corrected chi connectivity index (χ0v) is 4.76. The summed E-state index contributed by atoms with van der Waals surface area (Å²) < 4.78 is 0. The van der Waals surface area contributed by atoms with E-state index in [2.05, 4.69) is 20.2 Å². The van der Waals surface area contributed by atoms with Crippen LogP contribution in [-0.2, 0) is 7.05 Å². The molecule has 0 aliphatic carbocycles. The van der Waals surface area contributed by atoms with Crippen LogP contribution in [0.5, 0.6) is 0 Å². The van der Waals surface area contributed by atoms with Gasteiger partial charge < -0.3 is 5.53 Å². The van der Waals surface area contributed by atoms with Crippen LogP contribution in [0, 0.1) is 0 Å². The predicted molar refractivity (Wildman–Crippen MR) is 27.6 cm³/mol. The summed E-state index contributed by atoms with van der Waals surface area (Å²) in [5.74, 6) is 0.292. The molecule has 46 valence electrons. The van der Waals surface area contributed by atoms with Gasteiger partial charge in [0.05, 0.1) is 7.05 Å². The number of nitrogens with zero attached hydrogens (tertiary/aromatic N) is 6. The normalized spacial score (nSPS) is 8.56. The maximum Gasteiger partial charge on any atom is 0.328 e. The molecule has 1 aromatic heterocycles. The lowest BCUT2D eigenvalue weighted by molar-refractivity contribution is 0.00393. The highest BCUT2D eigenvalue weighted by Crippen LogP contribution is 1.73. The van der Waals surface area contributed by atoms with E-state index >= 15 is 0 Å². The van der Waals surface area contributed by atoms with E-state index in [1.54, 1.807) is 7.05 Å². The van der Waals surface area contributed by atoms with E-state index in [-0.39, 0.29) is 0 Å². The van der Waals surface area contributed by atoms with Gasteiger partial charge in [-0.1, -0.05) is 0 Å². The van der Waals surface area contributed by atoms with Crippen molar-refractivity contribution in [1.82, 2.24) is 20.2 Å². The number of aryl methyl sites for hydroxylation is 1. The van der Waals surface area contributed by atoms with Gasteiger partial charge >= 0.3 is 6.21 Å². The van der Waals surface area contributed by atoms with E-state index in [1.165, 1.54) is 4.80 Å². The van der Waals surface area contributed by atoms with Crippen LogP contribution in [0.1, 0.15) is 5.82 Å². The summed E-state index contributed by atoms with van der Waals surface area (Å²) >= 11 is 0. The second-order valence-corrected chi connectivity index (χ2v) is 1.38. The first-order valence-corrected chi connectivity index (χ1v) is 2.24. The molecular formula is C3H4N6. The Morgan fingerprint density at radius 2 is 2.56 bits per heavy atom. The molecule has 0 saturated carbocycles. The molecule has 0 unspecified atom stereocenters. The molecular weight excluding hydrogens is 120 g/mol. The highest BCUT2D eigenvalue weighted by Gasteiger charge is 1.97. The predicted octanol–water partition coefficient (Wildman–Crippen LogP) is -1.14. The van der Waals surface area contributed by atoms with Gasteiger partial charge in [0.2, 0.25) is 0 Å². The molecule has 0 saturated heterocycles. The number of hydrogen-bond donors (Lipinski definition) is 0. The molecule has 0 fully saturated rings. The third-order valence-corrected chi connectivity index (χ3v) is 0.697. The van der Waals surface area contributed by atoms with Gasteiger partial charge in [0.15, 0.2) is 0 Å². The summed E-state index contributed by atoms with van der Waals surface area (Å²) in [6, 6.07) is 0. The van der Waals surface area contributed by atoms with Crippen LogP contribution in [0.3, 0.4) is 0 Å². The van der Waals surface area contributed by atoms with Crippen LogP contribution in [0.4, 0.5) is 0 Å². The number of tetrazole rings is 1. The lowest BCUT2D eigenvalue weighted by atomic mass is 10.7. The molecule has 0 radical (unpaired) electrons. The van der Waals surface area contributed by atoms with Gasteiger partial charge in [0.1, 0.15) is 0 Å². The molecule has 1 heterocycles. The Balaban J connectivity index is 2.97. The van der Waals surface area contributed by atoms with E-state index < -0.39 is 0 Å². The minimum Gasteiger partial charge on any atom is -0.361 e. The first-order chi connectivity index (χ1) is 4.33. The van der Waals surface area contributed by atoms with E-state index in [0.717, 1.165) is 6.21 Å². The van der Waals surface area contributed by atoms with Crippen LogP contribution >= 0.6 is 0 Å². The van der Waals surface area contributed by atoms with E-state index in [1.807, 2.05) is 0 Å². The van der Waals surface area contributed by atoms with Crippen molar-refractivity contribution in [2.24, 2.45) is 7.05 Å². The van der Waals surface area contributed by atoms with Crippen molar-refractivity contribution in [3.05, 3.63) is 11.4 Å². The summed E-state index contributed by atoms with van der Waals surface area (Å²) in [5.41, 5.74) is 7.98. The number of aromatic nitrogens is 4. The highest BCUT2D eigenvalue weighted by atomic mass is 15.6. The van der Waals surface area contributed by atoms with Gasteiger partial charge in [0, 0.05) is 0 Å². The molecule has 6 nitrogen and oxygen atoms in total. The summed E-state index contributed by atoms with van der Waals surface area (Å²) in [6.07, 6.45) is 1.10. The number of hydrogen-bond acceptors (Lipinski definition) is 3. The molecule has 0 atom stereocenters. The zero-order chi connectivity index (χ0) is 6.69. The summed E-state index contributed by atoms with van der Waals surface area (Å²) in [7, 11) is 1.63.